The van der Waals surface area contributed by atoms with E-state index in [1.807, 2.05) is 6.92 Å². The Bertz CT molecular complexity index is 351. The molecule has 0 radical (unpaired) electrons. The zero-order chi connectivity index (χ0) is 12.0. The van der Waals surface area contributed by atoms with Crippen LogP contribution < -0.4 is 5.73 Å². The molecule has 0 saturated carbocycles. The maximum atomic E-state index is 13.0. The van der Waals surface area contributed by atoms with Crippen molar-refractivity contribution in [3.8, 4) is 0 Å². The van der Waals surface area contributed by atoms with Gasteiger partial charge in [0.1, 0.15) is 5.82 Å². The van der Waals surface area contributed by atoms with E-state index in [0.717, 1.165) is 0 Å². The van der Waals surface area contributed by atoms with Gasteiger partial charge in [-0.3, -0.25) is 4.21 Å². The Morgan fingerprint density at radius 1 is 1.44 bits per heavy atom. The van der Waals surface area contributed by atoms with Gasteiger partial charge in [0.05, 0.1) is 10.8 Å². The lowest BCUT2D eigenvalue weighted by Gasteiger charge is -2.04. The molecule has 0 spiro atoms. The highest BCUT2D eigenvalue weighted by Crippen LogP contribution is 2.15. The van der Waals surface area contributed by atoms with E-state index in [2.05, 4.69) is 0 Å². The molecule has 90 valence electrons. The van der Waals surface area contributed by atoms with Crippen molar-refractivity contribution in [3.63, 3.8) is 0 Å². The fourth-order valence-corrected chi connectivity index (χ4v) is 2.40. The van der Waals surface area contributed by atoms with Crippen LogP contribution in [-0.2, 0) is 15.5 Å². The summed E-state index contributed by atoms with van der Waals surface area (Å²) in [5.74, 6) is 0.0104. The number of nitrogens with two attached hydrogens (primary N) is 1. The lowest BCUT2D eigenvalue weighted by molar-refractivity contribution is 0.149. The number of nitrogen functional groups attached to an aromatic ring is 1. The third-order valence-electron chi connectivity index (χ3n) is 1.98. The van der Waals surface area contributed by atoms with Crippen molar-refractivity contribution in [1.29, 1.82) is 0 Å². The van der Waals surface area contributed by atoms with E-state index < -0.39 is 16.6 Å². The summed E-state index contributed by atoms with van der Waals surface area (Å²) < 4.78 is 29.9. The van der Waals surface area contributed by atoms with E-state index in [1.54, 1.807) is 6.07 Å². The molecule has 1 unspecified atom stereocenters. The predicted octanol–water partition coefficient (Wildman–Crippen LogP) is 1.94. The van der Waals surface area contributed by atoms with E-state index in [0.29, 0.717) is 36.0 Å². The first-order chi connectivity index (χ1) is 7.63. The fraction of sp³-hybridized carbons (Fsp3) is 0.455. The molecular formula is C11H16FNO2S. The van der Waals surface area contributed by atoms with Crippen LogP contribution in [0.1, 0.15) is 13.3 Å². The van der Waals surface area contributed by atoms with Crippen LogP contribution in [0.15, 0.2) is 23.1 Å². The van der Waals surface area contributed by atoms with Crippen molar-refractivity contribution in [3.05, 3.63) is 24.0 Å². The van der Waals surface area contributed by atoms with Crippen LogP contribution >= 0.6 is 0 Å². The van der Waals surface area contributed by atoms with Crippen molar-refractivity contribution in [2.75, 3.05) is 24.7 Å². The zero-order valence-electron chi connectivity index (χ0n) is 9.24. The van der Waals surface area contributed by atoms with Crippen LogP contribution in [0, 0.1) is 5.82 Å². The minimum absolute atomic E-state index is 0.299. The molecule has 1 rings (SSSR count). The number of benzene rings is 1. The Morgan fingerprint density at radius 3 is 2.81 bits per heavy atom. The standard InChI is InChI=1S/C11H16FNO2S/c1-2-15-4-3-5-16(14)11-7-9(12)6-10(13)8-11/h6-8H,2-5,13H2,1H3. The molecule has 0 saturated heterocycles. The van der Waals surface area contributed by atoms with Gasteiger partial charge in [0.2, 0.25) is 0 Å². The Kier molecular flexibility index (Phi) is 5.42. The zero-order valence-corrected chi connectivity index (χ0v) is 10.1. The van der Waals surface area contributed by atoms with Crippen molar-refractivity contribution >= 4 is 16.5 Å². The Hall–Kier alpha value is -0.940. The molecule has 0 aliphatic rings. The van der Waals surface area contributed by atoms with Crippen LogP contribution in [0.5, 0.6) is 0 Å². The van der Waals surface area contributed by atoms with Crippen LogP contribution in [-0.4, -0.2) is 23.2 Å². The second-order valence-electron chi connectivity index (χ2n) is 3.32. The number of ether oxygens (including phenoxy) is 1. The molecule has 1 atom stereocenters. The number of anilines is 1. The average molecular weight is 245 g/mol. The third kappa shape index (κ3) is 4.28. The lowest BCUT2D eigenvalue weighted by atomic mass is 10.3. The van der Waals surface area contributed by atoms with E-state index in [1.165, 1.54) is 12.1 Å². The van der Waals surface area contributed by atoms with Gasteiger partial charge in [-0.1, -0.05) is 0 Å². The molecule has 0 aromatic heterocycles. The highest BCUT2D eigenvalue weighted by molar-refractivity contribution is 7.85. The molecule has 1 aromatic carbocycles. The molecule has 0 aliphatic heterocycles. The number of halogens is 1. The Morgan fingerprint density at radius 2 is 2.19 bits per heavy atom. The van der Waals surface area contributed by atoms with E-state index in [4.69, 9.17) is 10.5 Å². The first-order valence-corrected chi connectivity index (χ1v) is 6.47. The maximum Gasteiger partial charge on any atom is 0.126 e. The van der Waals surface area contributed by atoms with E-state index in [9.17, 15) is 8.60 Å². The summed E-state index contributed by atoms with van der Waals surface area (Å²) in [6, 6.07) is 4.01. The second-order valence-corrected chi connectivity index (χ2v) is 4.89. The number of hydrogen-bond acceptors (Lipinski definition) is 3. The summed E-state index contributed by atoms with van der Waals surface area (Å²) in [5.41, 5.74) is 5.77. The van der Waals surface area contributed by atoms with Crippen LogP contribution in [0.3, 0.4) is 0 Å². The summed E-state index contributed by atoms with van der Waals surface area (Å²) >= 11 is 0. The molecule has 16 heavy (non-hydrogen) atoms. The fourth-order valence-electron chi connectivity index (χ4n) is 1.27. The summed E-state index contributed by atoms with van der Waals surface area (Å²) in [6.45, 7) is 3.14. The highest BCUT2D eigenvalue weighted by Gasteiger charge is 2.06. The second kappa shape index (κ2) is 6.60. The molecule has 3 nitrogen and oxygen atoms in total. The van der Waals surface area contributed by atoms with Gasteiger partial charge in [-0.15, -0.1) is 0 Å². The first-order valence-electron chi connectivity index (χ1n) is 5.15. The van der Waals surface area contributed by atoms with Crippen molar-refractivity contribution in [2.45, 2.75) is 18.2 Å². The van der Waals surface area contributed by atoms with Gasteiger partial charge in [-0.25, -0.2) is 4.39 Å². The smallest absolute Gasteiger partial charge is 0.126 e. The van der Waals surface area contributed by atoms with Gasteiger partial charge in [0.15, 0.2) is 0 Å². The van der Waals surface area contributed by atoms with E-state index >= 15 is 0 Å². The maximum absolute atomic E-state index is 13.0. The molecule has 1 aromatic rings. The minimum Gasteiger partial charge on any atom is -0.399 e. The monoisotopic (exact) mass is 245 g/mol. The largest absolute Gasteiger partial charge is 0.399 e. The summed E-state index contributed by atoms with van der Waals surface area (Å²) in [5, 5.41) is 0. The lowest BCUT2D eigenvalue weighted by Crippen LogP contribution is -2.04. The van der Waals surface area contributed by atoms with Crippen LogP contribution in [0.4, 0.5) is 10.1 Å². The molecule has 0 amide bonds. The molecule has 2 N–H and O–H groups in total. The van der Waals surface area contributed by atoms with Crippen LogP contribution in [0.25, 0.3) is 0 Å². The number of rotatable bonds is 6. The number of hydrogen-bond donors (Lipinski definition) is 1. The molecular weight excluding hydrogens is 229 g/mol. The van der Waals surface area contributed by atoms with Gasteiger partial charge >= 0.3 is 0 Å². The highest BCUT2D eigenvalue weighted by atomic mass is 32.2. The SMILES string of the molecule is CCOCCCS(=O)c1cc(N)cc(F)c1. The first kappa shape index (κ1) is 13.1. The molecule has 0 fully saturated rings. The van der Waals surface area contributed by atoms with Crippen molar-refractivity contribution in [2.24, 2.45) is 0 Å². The minimum atomic E-state index is -1.21. The predicted molar refractivity (Wildman–Crippen MR) is 63.2 cm³/mol. The Labute approximate surface area is 97.2 Å². The van der Waals surface area contributed by atoms with Gasteiger partial charge in [0, 0.05) is 29.5 Å². The third-order valence-corrected chi connectivity index (χ3v) is 3.40. The quantitative estimate of drug-likeness (QED) is 0.615. The van der Waals surface area contributed by atoms with Crippen molar-refractivity contribution < 1.29 is 13.3 Å². The normalized spacial score (nSPS) is 12.6. The summed E-state index contributed by atoms with van der Waals surface area (Å²) in [7, 11) is -1.21. The van der Waals surface area contributed by atoms with Gasteiger partial charge in [0.25, 0.3) is 0 Å². The average Bonchev–Trinajstić information content (AvgIpc) is 2.22. The Balaban J connectivity index is 2.52. The van der Waals surface area contributed by atoms with Gasteiger partial charge < -0.3 is 10.5 Å². The molecule has 0 heterocycles. The van der Waals surface area contributed by atoms with Crippen LogP contribution in [0.2, 0.25) is 0 Å². The molecule has 0 aliphatic carbocycles. The topological polar surface area (TPSA) is 52.3 Å². The van der Waals surface area contributed by atoms with Gasteiger partial charge in [-0.05, 0) is 31.5 Å². The van der Waals surface area contributed by atoms with Gasteiger partial charge in [-0.2, -0.15) is 0 Å². The van der Waals surface area contributed by atoms with Crippen molar-refractivity contribution in [1.82, 2.24) is 0 Å². The molecule has 0 bridgehead atoms. The summed E-state index contributed by atoms with van der Waals surface area (Å²) in [4.78, 5) is 0.439. The molecule has 5 heteroatoms. The summed E-state index contributed by atoms with van der Waals surface area (Å²) in [6.07, 6.45) is 0.691. The van der Waals surface area contributed by atoms with E-state index in [-0.39, 0.29) is 0 Å².